The number of carboxylic acids is 1. The minimum absolute atomic E-state index is 0.00570. The average molecular weight is 571 g/mol. The van der Waals surface area contributed by atoms with Gasteiger partial charge in [0.05, 0.1) is 12.0 Å². The monoisotopic (exact) mass is 570 g/mol. The summed E-state index contributed by atoms with van der Waals surface area (Å²) in [6, 6.07) is 12.1. The quantitative estimate of drug-likeness (QED) is 0.286. The first kappa shape index (κ1) is 27.0. The Labute approximate surface area is 231 Å². The van der Waals surface area contributed by atoms with E-state index in [-0.39, 0.29) is 29.7 Å². The molecule has 4 atom stereocenters. The first-order valence-corrected chi connectivity index (χ1v) is 13.1. The standard InChI is InChI=1S/C28H25F3N4O6/c29-28(30,31)21-22(14-5-2-1-3-6-14)34-40-24(21)26-33-25(35-41-26)15-9-10-18-20(12-15)39-13-19(23(18)36)32-17-8-4-7-16(11-17)27(37)38/h1-3,5-6,9-10,12,16-17,19,23,32,36H,4,7-8,11,13H2,(H,37,38)/t16-,17-,19-,23-/m1/s1. The summed E-state index contributed by atoms with van der Waals surface area (Å²) in [4.78, 5) is 15.5. The molecule has 0 bridgehead atoms. The number of nitrogens with zero attached hydrogens (tertiary/aromatic N) is 3. The van der Waals surface area contributed by atoms with E-state index in [9.17, 15) is 28.2 Å². The fourth-order valence-corrected chi connectivity index (χ4v) is 5.46. The number of carbonyl (C=O) groups is 1. The number of aliphatic hydroxyl groups excluding tert-OH is 1. The van der Waals surface area contributed by atoms with Crippen LogP contribution in [0.3, 0.4) is 0 Å². The van der Waals surface area contributed by atoms with Crippen molar-refractivity contribution in [1.29, 1.82) is 0 Å². The zero-order valence-electron chi connectivity index (χ0n) is 21.5. The second-order valence-corrected chi connectivity index (χ2v) is 10.2. The molecule has 3 N–H and O–H groups in total. The van der Waals surface area contributed by atoms with Gasteiger partial charge in [0.2, 0.25) is 11.6 Å². The highest BCUT2D eigenvalue weighted by atomic mass is 19.4. The van der Waals surface area contributed by atoms with Gasteiger partial charge in [0.15, 0.2) is 0 Å². The van der Waals surface area contributed by atoms with Gasteiger partial charge in [-0.3, -0.25) is 4.79 Å². The topological polar surface area (TPSA) is 144 Å². The number of alkyl halides is 3. The SMILES string of the molecule is O=C(O)[C@@H]1CCC[C@@H](N[C@@H]2COc3cc(-c4noc(-c5onc(-c6ccccc6)c5C(F)(F)F)n4)ccc3[C@H]2O)C1. The molecule has 2 aliphatic rings. The second kappa shape index (κ2) is 10.6. The molecule has 3 heterocycles. The van der Waals surface area contributed by atoms with Gasteiger partial charge in [0, 0.05) is 22.7 Å². The van der Waals surface area contributed by atoms with Crippen LogP contribution in [0.25, 0.3) is 34.3 Å². The number of fused-ring (bicyclic) bond motifs is 1. The molecule has 0 unspecified atom stereocenters. The third kappa shape index (κ3) is 5.30. The lowest BCUT2D eigenvalue weighted by molar-refractivity contribution is -0.143. The minimum Gasteiger partial charge on any atom is -0.491 e. The highest BCUT2D eigenvalue weighted by Crippen LogP contribution is 2.43. The summed E-state index contributed by atoms with van der Waals surface area (Å²) in [5.41, 5.74) is -0.391. The molecular formula is C28H25F3N4O6. The molecule has 0 radical (unpaired) electrons. The largest absolute Gasteiger partial charge is 0.491 e. The van der Waals surface area contributed by atoms with Crippen LogP contribution < -0.4 is 10.1 Å². The van der Waals surface area contributed by atoms with Crippen molar-refractivity contribution in [2.45, 2.75) is 50.0 Å². The van der Waals surface area contributed by atoms with Crippen molar-refractivity contribution in [2.24, 2.45) is 5.92 Å². The van der Waals surface area contributed by atoms with Gasteiger partial charge in [-0.05, 0) is 25.3 Å². The number of carboxylic acid groups (broad SMARTS) is 1. The normalized spacial score (nSPS) is 22.6. The summed E-state index contributed by atoms with van der Waals surface area (Å²) in [5, 5.41) is 31.2. The van der Waals surface area contributed by atoms with E-state index in [1.54, 1.807) is 36.4 Å². The molecule has 13 heteroatoms. The van der Waals surface area contributed by atoms with Crippen LogP contribution >= 0.6 is 0 Å². The second-order valence-electron chi connectivity index (χ2n) is 10.2. The zero-order valence-corrected chi connectivity index (χ0v) is 21.5. The molecule has 6 rings (SSSR count). The van der Waals surface area contributed by atoms with Crippen molar-refractivity contribution in [3.8, 4) is 40.0 Å². The van der Waals surface area contributed by atoms with Gasteiger partial charge in [-0.1, -0.05) is 59.2 Å². The van der Waals surface area contributed by atoms with Crippen molar-refractivity contribution in [2.75, 3.05) is 6.61 Å². The van der Waals surface area contributed by atoms with Gasteiger partial charge in [-0.2, -0.15) is 18.2 Å². The number of ether oxygens (including phenoxy) is 1. The Morgan fingerprint density at radius 3 is 2.59 bits per heavy atom. The molecule has 0 saturated heterocycles. The maximum absolute atomic E-state index is 14.0. The molecule has 214 valence electrons. The Kier molecular flexibility index (Phi) is 6.99. The lowest BCUT2D eigenvalue weighted by Crippen LogP contribution is -2.49. The number of aromatic nitrogens is 3. The molecule has 1 fully saturated rings. The molecule has 1 aliphatic carbocycles. The van der Waals surface area contributed by atoms with Gasteiger partial charge < -0.3 is 29.3 Å². The molecule has 0 spiro atoms. The smallest absolute Gasteiger partial charge is 0.422 e. The number of halogens is 3. The van der Waals surface area contributed by atoms with Gasteiger partial charge in [0.25, 0.3) is 5.89 Å². The first-order valence-electron chi connectivity index (χ1n) is 13.1. The number of nitrogens with one attached hydrogen (secondary N) is 1. The summed E-state index contributed by atoms with van der Waals surface area (Å²) in [7, 11) is 0. The predicted molar refractivity (Wildman–Crippen MR) is 136 cm³/mol. The summed E-state index contributed by atoms with van der Waals surface area (Å²) in [5.74, 6) is -2.04. The van der Waals surface area contributed by atoms with Crippen molar-refractivity contribution in [3.05, 3.63) is 59.7 Å². The van der Waals surface area contributed by atoms with E-state index in [0.29, 0.717) is 29.7 Å². The molecule has 41 heavy (non-hydrogen) atoms. The third-order valence-corrected chi connectivity index (χ3v) is 7.51. The van der Waals surface area contributed by atoms with Crippen LogP contribution in [0.2, 0.25) is 0 Å². The zero-order chi connectivity index (χ0) is 28.7. The predicted octanol–water partition coefficient (Wildman–Crippen LogP) is 5.10. The van der Waals surface area contributed by atoms with E-state index in [2.05, 4.69) is 20.6 Å². The minimum atomic E-state index is -4.80. The van der Waals surface area contributed by atoms with E-state index in [1.165, 1.54) is 12.1 Å². The first-order chi connectivity index (χ1) is 19.7. The van der Waals surface area contributed by atoms with Crippen LogP contribution in [-0.2, 0) is 11.0 Å². The molecule has 4 aromatic rings. The maximum atomic E-state index is 14.0. The Balaban J connectivity index is 1.22. The van der Waals surface area contributed by atoms with Crippen LogP contribution in [0.5, 0.6) is 5.75 Å². The number of hydrogen-bond acceptors (Lipinski definition) is 9. The molecular weight excluding hydrogens is 545 g/mol. The average Bonchev–Trinajstić information content (AvgIpc) is 3.63. The highest BCUT2D eigenvalue weighted by molar-refractivity contribution is 5.71. The van der Waals surface area contributed by atoms with Crippen LogP contribution in [0.1, 0.15) is 42.9 Å². The lowest BCUT2D eigenvalue weighted by atomic mass is 9.85. The summed E-state index contributed by atoms with van der Waals surface area (Å²) < 4.78 is 58.2. The fourth-order valence-electron chi connectivity index (χ4n) is 5.46. The van der Waals surface area contributed by atoms with E-state index >= 15 is 0 Å². The maximum Gasteiger partial charge on any atom is 0.422 e. The van der Waals surface area contributed by atoms with E-state index in [0.717, 1.165) is 12.8 Å². The number of aliphatic carboxylic acids is 1. The van der Waals surface area contributed by atoms with Gasteiger partial charge in [-0.25, -0.2) is 0 Å². The van der Waals surface area contributed by atoms with Gasteiger partial charge in [-0.15, -0.1) is 0 Å². The van der Waals surface area contributed by atoms with E-state index in [4.69, 9.17) is 13.8 Å². The van der Waals surface area contributed by atoms with Crippen LogP contribution in [-0.4, -0.2) is 50.2 Å². The molecule has 1 saturated carbocycles. The van der Waals surface area contributed by atoms with Crippen molar-refractivity contribution in [1.82, 2.24) is 20.6 Å². The highest BCUT2D eigenvalue weighted by Gasteiger charge is 2.43. The van der Waals surface area contributed by atoms with Crippen LogP contribution in [0, 0.1) is 5.92 Å². The number of benzene rings is 2. The van der Waals surface area contributed by atoms with Crippen molar-refractivity contribution < 1.29 is 42.0 Å². The van der Waals surface area contributed by atoms with Crippen molar-refractivity contribution in [3.63, 3.8) is 0 Å². The Morgan fingerprint density at radius 1 is 1.02 bits per heavy atom. The Morgan fingerprint density at radius 2 is 1.83 bits per heavy atom. The number of rotatable bonds is 6. The number of hydrogen-bond donors (Lipinski definition) is 3. The summed E-state index contributed by atoms with van der Waals surface area (Å²) in [6.07, 6.45) is -2.99. The van der Waals surface area contributed by atoms with Crippen LogP contribution in [0.4, 0.5) is 13.2 Å². The molecule has 2 aromatic heterocycles. The molecule has 1 aliphatic heterocycles. The number of aliphatic hydroxyl groups is 1. The van der Waals surface area contributed by atoms with E-state index in [1.807, 2.05) is 0 Å². The van der Waals surface area contributed by atoms with Crippen molar-refractivity contribution >= 4 is 5.97 Å². The summed E-state index contributed by atoms with van der Waals surface area (Å²) in [6.45, 7) is 0.138. The lowest BCUT2D eigenvalue weighted by Gasteiger charge is -2.36. The van der Waals surface area contributed by atoms with E-state index < -0.39 is 47.4 Å². The van der Waals surface area contributed by atoms with Gasteiger partial charge in [0.1, 0.15) is 29.7 Å². The van der Waals surface area contributed by atoms with Crippen LogP contribution in [0.15, 0.2) is 57.6 Å². The molecule has 0 amide bonds. The summed E-state index contributed by atoms with van der Waals surface area (Å²) >= 11 is 0. The third-order valence-electron chi connectivity index (χ3n) is 7.51. The van der Waals surface area contributed by atoms with Gasteiger partial charge >= 0.3 is 12.1 Å². The molecule has 2 aromatic carbocycles. The molecule has 10 nitrogen and oxygen atoms in total. The fraction of sp³-hybridized carbons (Fsp3) is 0.357. The Hall–Kier alpha value is -4.23. The Bertz CT molecular complexity index is 1550.